The van der Waals surface area contributed by atoms with Gasteiger partial charge in [-0.25, -0.2) is 4.98 Å². The van der Waals surface area contributed by atoms with Crippen LogP contribution in [0.4, 0.5) is 5.82 Å². The van der Waals surface area contributed by atoms with Gasteiger partial charge in [0.05, 0.1) is 11.4 Å². The van der Waals surface area contributed by atoms with Crippen molar-refractivity contribution in [2.75, 3.05) is 5.32 Å². The molecule has 2 heterocycles. The number of pyridine rings is 1. The number of esters is 1. The molecule has 0 aliphatic rings. The number of hydrogen-bond acceptors (Lipinski definition) is 6. The van der Waals surface area contributed by atoms with E-state index in [1.165, 1.54) is 13.1 Å². The molecule has 1 atom stereocenters. The van der Waals surface area contributed by atoms with Gasteiger partial charge in [0.1, 0.15) is 11.5 Å². The molecule has 0 aliphatic heterocycles. The Bertz CT molecular complexity index is 908. The van der Waals surface area contributed by atoms with Crippen molar-refractivity contribution in [3.63, 3.8) is 0 Å². The van der Waals surface area contributed by atoms with Crippen LogP contribution in [0.2, 0.25) is 5.02 Å². The van der Waals surface area contributed by atoms with Crippen LogP contribution >= 0.6 is 11.6 Å². The molecule has 0 saturated heterocycles. The van der Waals surface area contributed by atoms with Crippen molar-refractivity contribution >= 4 is 40.3 Å². The van der Waals surface area contributed by atoms with Crippen molar-refractivity contribution in [1.82, 2.24) is 10.1 Å². The van der Waals surface area contributed by atoms with Gasteiger partial charge < -0.3 is 14.6 Å². The molecule has 0 bridgehead atoms. The lowest BCUT2D eigenvalue weighted by atomic mass is 10.2. The first-order valence-electron chi connectivity index (χ1n) is 7.48. The molecule has 0 radical (unpaired) electrons. The number of anilines is 1. The number of hydrogen-bond donors (Lipinski definition) is 1. The van der Waals surface area contributed by atoms with Gasteiger partial charge in [0.15, 0.2) is 11.7 Å². The van der Waals surface area contributed by atoms with Crippen LogP contribution in [0.5, 0.6) is 0 Å². The van der Waals surface area contributed by atoms with Crippen molar-refractivity contribution < 1.29 is 18.8 Å². The van der Waals surface area contributed by atoms with E-state index >= 15 is 0 Å². The molecule has 3 aromatic rings. The second kappa shape index (κ2) is 7.31. The quantitative estimate of drug-likeness (QED) is 0.704. The smallest absolute Gasteiger partial charge is 0.312 e. The lowest BCUT2D eigenvalue weighted by Crippen LogP contribution is -2.30. The van der Waals surface area contributed by atoms with Crippen LogP contribution in [0.15, 0.2) is 47.1 Å². The Morgan fingerprint density at radius 2 is 2.08 bits per heavy atom. The Morgan fingerprint density at radius 1 is 1.28 bits per heavy atom. The van der Waals surface area contributed by atoms with E-state index in [9.17, 15) is 9.59 Å². The Kier molecular flexibility index (Phi) is 4.95. The predicted octanol–water partition coefficient (Wildman–Crippen LogP) is 2.99. The number of benzene rings is 1. The summed E-state index contributed by atoms with van der Waals surface area (Å²) in [6.45, 7) is 1.48. The average Bonchev–Trinajstić information content (AvgIpc) is 3.00. The molecule has 0 fully saturated rings. The van der Waals surface area contributed by atoms with E-state index in [4.69, 9.17) is 20.9 Å². The molecule has 2 aromatic heterocycles. The second-order valence-electron chi connectivity index (χ2n) is 5.29. The Balaban J connectivity index is 1.58. The maximum Gasteiger partial charge on any atom is 0.312 e. The van der Waals surface area contributed by atoms with Crippen LogP contribution in [0.3, 0.4) is 0 Å². The Labute approximate surface area is 147 Å². The average molecular weight is 360 g/mol. The number of carbonyl (C=O) groups excluding carboxylic acids is 2. The highest BCUT2D eigenvalue weighted by Gasteiger charge is 2.20. The van der Waals surface area contributed by atoms with E-state index < -0.39 is 18.0 Å². The van der Waals surface area contributed by atoms with Gasteiger partial charge in [-0.1, -0.05) is 28.9 Å². The Hall–Kier alpha value is -2.93. The lowest BCUT2D eigenvalue weighted by Gasteiger charge is -2.12. The van der Waals surface area contributed by atoms with E-state index in [1.54, 1.807) is 24.3 Å². The number of nitrogens with zero attached hydrogens (tertiary/aromatic N) is 2. The minimum atomic E-state index is -0.983. The summed E-state index contributed by atoms with van der Waals surface area (Å²) in [5.41, 5.74) is 1.05. The summed E-state index contributed by atoms with van der Waals surface area (Å²) in [6, 6.07) is 10.3. The van der Waals surface area contributed by atoms with Gasteiger partial charge in [-0.3, -0.25) is 9.59 Å². The molecule has 1 aromatic carbocycles. The first kappa shape index (κ1) is 16.9. The minimum Gasteiger partial charge on any atom is -0.452 e. The number of carbonyl (C=O) groups is 2. The van der Waals surface area contributed by atoms with Crippen molar-refractivity contribution in [1.29, 1.82) is 0 Å². The first-order chi connectivity index (χ1) is 12.0. The van der Waals surface area contributed by atoms with Gasteiger partial charge in [0.2, 0.25) is 0 Å². The third kappa shape index (κ3) is 4.13. The van der Waals surface area contributed by atoms with E-state index in [-0.39, 0.29) is 6.42 Å². The van der Waals surface area contributed by atoms with Crippen LogP contribution in [0.1, 0.15) is 12.6 Å². The van der Waals surface area contributed by atoms with Gasteiger partial charge >= 0.3 is 5.97 Å². The first-order valence-corrected chi connectivity index (χ1v) is 7.86. The molecule has 0 spiro atoms. The molecule has 0 aliphatic carbocycles. The predicted molar refractivity (Wildman–Crippen MR) is 91.1 cm³/mol. The maximum atomic E-state index is 12.1. The highest BCUT2D eigenvalue weighted by atomic mass is 35.5. The fourth-order valence-corrected chi connectivity index (χ4v) is 2.28. The van der Waals surface area contributed by atoms with Crippen molar-refractivity contribution in [2.45, 2.75) is 19.4 Å². The van der Waals surface area contributed by atoms with Gasteiger partial charge in [0, 0.05) is 11.6 Å². The lowest BCUT2D eigenvalue weighted by molar-refractivity contribution is -0.152. The summed E-state index contributed by atoms with van der Waals surface area (Å²) in [5, 5.41) is 7.60. The number of rotatable bonds is 5. The largest absolute Gasteiger partial charge is 0.452 e. The standard InChI is InChI=1S/C17H14ClN3O4/c1-10(17(23)20-15-7-6-11(18)9-19-15)24-16(22)8-13-12-4-2-3-5-14(12)25-21-13/h2-7,9-10H,8H2,1H3,(H,19,20,23)/t10-/m1/s1. The van der Waals surface area contributed by atoms with Crippen LogP contribution in [0, 0.1) is 0 Å². The van der Waals surface area contributed by atoms with Crippen molar-refractivity contribution in [2.24, 2.45) is 0 Å². The zero-order valence-electron chi connectivity index (χ0n) is 13.2. The summed E-state index contributed by atoms with van der Waals surface area (Å²) < 4.78 is 10.3. The topological polar surface area (TPSA) is 94.3 Å². The highest BCUT2D eigenvalue weighted by molar-refractivity contribution is 6.30. The number of amides is 1. The van der Waals surface area contributed by atoms with Crippen LogP contribution in [0.25, 0.3) is 11.0 Å². The molecule has 0 saturated carbocycles. The highest BCUT2D eigenvalue weighted by Crippen LogP contribution is 2.18. The fourth-order valence-electron chi connectivity index (χ4n) is 2.17. The summed E-state index contributed by atoms with van der Waals surface area (Å²) >= 11 is 5.73. The number of fused-ring (bicyclic) bond motifs is 1. The molecule has 7 nitrogen and oxygen atoms in total. The number of ether oxygens (including phenoxy) is 1. The van der Waals surface area contributed by atoms with Crippen molar-refractivity contribution in [3.8, 4) is 0 Å². The van der Waals surface area contributed by atoms with Crippen molar-refractivity contribution in [3.05, 3.63) is 53.3 Å². The zero-order valence-corrected chi connectivity index (χ0v) is 14.0. The number of aromatic nitrogens is 2. The van der Waals surface area contributed by atoms with E-state index in [0.717, 1.165) is 5.39 Å². The molecule has 8 heteroatoms. The number of para-hydroxylation sites is 1. The molecule has 1 amide bonds. The van der Waals surface area contributed by atoms with E-state index in [2.05, 4.69) is 15.5 Å². The maximum absolute atomic E-state index is 12.1. The molecule has 3 rings (SSSR count). The van der Waals surface area contributed by atoms with E-state index in [1.807, 2.05) is 12.1 Å². The fraction of sp³-hybridized carbons (Fsp3) is 0.176. The summed E-state index contributed by atoms with van der Waals surface area (Å²) in [4.78, 5) is 28.0. The minimum absolute atomic E-state index is 0.0895. The third-order valence-electron chi connectivity index (χ3n) is 3.42. The van der Waals surface area contributed by atoms with Gasteiger partial charge in [-0.05, 0) is 31.2 Å². The molecule has 0 unspecified atom stereocenters. The van der Waals surface area contributed by atoms with Crippen LogP contribution in [-0.4, -0.2) is 28.1 Å². The summed E-state index contributed by atoms with van der Waals surface area (Å²) in [7, 11) is 0. The van der Waals surface area contributed by atoms with Gasteiger partial charge in [0.25, 0.3) is 5.91 Å². The van der Waals surface area contributed by atoms with E-state index in [0.29, 0.717) is 22.1 Å². The van der Waals surface area contributed by atoms with Gasteiger partial charge in [-0.2, -0.15) is 0 Å². The molecule has 128 valence electrons. The van der Waals surface area contributed by atoms with Crippen LogP contribution < -0.4 is 5.32 Å². The normalized spacial score (nSPS) is 11.9. The second-order valence-corrected chi connectivity index (χ2v) is 5.72. The molecular formula is C17H14ClN3O4. The molecule has 1 N–H and O–H groups in total. The summed E-state index contributed by atoms with van der Waals surface area (Å²) in [6.07, 6.45) is 0.334. The summed E-state index contributed by atoms with van der Waals surface area (Å²) in [5.74, 6) is -0.751. The zero-order chi connectivity index (χ0) is 17.8. The molecule has 25 heavy (non-hydrogen) atoms. The monoisotopic (exact) mass is 359 g/mol. The number of nitrogens with one attached hydrogen (secondary N) is 1. The molecular weight excluding hydrogens is 346 g/mol. The SMILES string of the molecule is C[C@@H](OC(=O)Cc1noc2ccccc12)C(=O)Nc1ccc(Cl)cn1. The van der Waals surface area contributed by atoms with Gasteiger partial charge in [-0.15, -0.1) is 0 Å². The Morgan fingerprint density at radius 3 is 2.84 bits per heavy atom. The van der Waals surface area contributed by atoms with Crippen LogP contribution in [-0.2, 0) is 20.7 Å². The third-order valence-corrected chi connectivity index (χ3v) is 3.64. The number of halogens is 1.